The lowest BCUT2D eigenvalue weighted by molar-refractivity contribution is -0.138. The van der Waals surface area contributed by atoms with Crippen LogP contribution in [0.25, 0.3) is 21.8 Å². The molecule has 0 saturated carbocycles. The van der Waals surface area contributed by atoms with Gasteiger partial charge in [-0.3, -0.25) is 42.9 Å². The normalized spacial score (nSPS) is 10.7. The van der Waals surface area contributed by atoms with Gasteiger partial charge < -0.3 is 42.6 Å². The molecule has 2 aromatic heterocycles. The summed E-state index contributed by atoms with van der Waals surface area (Å²) in [4.78, 5) is 92.8. The maximum absolute atomic E-state index is 14.1. The number of halogens is 6. The van der Waals surface area contributed by atoms with Gasteiger partial charge in [0.1, 0.15) is 48.4 Å². The molecule has 7 aromatic rings. The van der Waals surface area contributed by atoms with Crippen LogP contribution in [0.5, 0.6) is 0 Å². The molecule has 0 aliphatic carbocycles. The summed E-state index contributed by atoms with van der Waals surface area (Å²) in [7, 11) is 0. The topological polar surface area (TPSA) is 298 Å². The van der Waals surface area contributed by atoms with Crippen LogP contribution < -0.4 is 27.8 Å². The molecule has 0 saturated heterocycles. The van der Waals surface area contributed by atoms with Gasteiger partial charge in [0, 0.05) is 48.7 Å². The Kier molecular flexibility index (Phi) is 33.0. The first-order valence-electron chi connectivity index (χ1n) is 28.6. The zero-order chi connectivity index (χ0) is 66.3. The Morgan fingerprint density at radius 3 is 1.49 bits per heavy atom. The summed E-state index contributed by atoms with van der Waals surface area (Å²) in [5, 5.41) is 23.8. The number of Topliss-reactive ketones (excluding diaryl/α,β-unsaturated/α-hetero) is 2. The van der Waals surface area contributed by atoms with E-state index in [0.29, 0.717) is 95.9 Å². The highest BCUT2D eigenvalue weighted by molar-refractivity contribution is 6.31. The molecule has 480 valence electrons. The van der Waals surface area contributed by atoms with E-state index >= 15 is 0 Å². The minimum atomic E-state index is -1.02. The number of carbonyl (C=O) groups is 8. The Morgan fingerprint density at radius 2 is 1.07 bits per heavy atom. The van der Waals surface area contributed by atoms with E-state index in [-0.39, 0.29) is 88.6 Å². The number of rotatable bonds is 27. The van der Waals surface area contributed by atoms with Crippen LogP contribution in [0.4, 0.5) is 13.2 Å². The van der Waals surface area contributed by atoms with Crippen LogP contribution in [0.2, 0.25) is 15.1 Å². The maximum atomic E-state index is 14.1. The lowest BCUT2D eigenvalue weighted by Gasteiger charge is -2.23. The third-order valence-corrected chi connectivity index (χ3v) is 13.8. The van der Waals surface area contributed by atoms with Gasteiger partial charge in [-0.15, -0.1) is 0 Å². The third kappa shape index (κ3) is 26.3. The number of amides is 4. The van der Waals surface area contributed by atoms with Crippen LogP contribution in [0.1, 0.15) is 111 Å². The van der Waals surface area contributed by atoms with E-state index in [0.717, 1.165) is 19.3 Å². The van der Waals surface area contributed by atoms with Crippen LogP contribution in [0.15, 0.2) is 103 Å². The number of aromatic nitrogens is 4. The smallest absolute Gasteiger partial charge is 0.325 e. The number of nitrogens with two attached hydrogens (primary N) is 3. The van der Waals surface area contributed by atoms with Crippen molar-refractivity contribution < 1.29 is 56.6 Å². The molecule has 2 heterocycles. The number of nitrogens with one attached hydrogen (secondary N) is 2. The molecule has 89 heavy (non-hydrogen) atoms. The van der Waals surface area contributed by atoms with Gasteiger partial charge in [-0.1, -0.05) is 149 Å². The number of para-hydroxylation sites is 2. The monoisotopic (exact) mass is 1290 g/mol. The third-order valence-electron chi connectivity index (χ3n) is 12.9. The molecule has 9 N–H and O–H groups in total. The second-order valence-corrected chi connectivity index (χ2v) is 22.7. The molecule has 0 unspecified atom stereocenters. The Balaban J connectivity index is 0.000000320. The van der Waals surface area contributed by atoms with Crippen molar-refractivity contribution in [2.75, 3.05) is 32.7 Å². The fourth-order valence-corrected chi connectivity index (χ4v) is 8.65. The summed E-state index contributed by atoms with van der Waals surface area (Å²) in [5.74, 6) is -3.11. The van der Waals surface area contributed by atoms with Gasteiger partial charge in [-0.05, 0) is 91.4 Å². The van der Waals surface area contributed by atoms with E-state index in [4.69, 9.17) is 57.1 Å². The first-order chi connectivity index (χ1) is 42.2. The van der Waals surface area contributed by atoms with Crippen molar-refractivity contribution in [1.29, 1.82) is 0 Å². The number of fused-ring (bicyclic) bond motifs is 2. The Hall–Kier alpha value is -8.02. The van der Waals surface area contributed by atoms with Crippen molar-refractivity contribution in [2.24, 2.45) is 35.0 Å². The number of carboxylic acids is 1. The first kappa shape index (κ1) is 75.2. The molecule has 5 aromatic carbocycles. The number of primary amides is 2. The summed E-state index contributed by atoms with van der Waals surface area (Å²) < 4.78 is 43.6. The zero-order valence-corrected chi connectivity index (χ0v) is 52.9. The van der Waals surface area contributed by atoms with Gasteiger partial charge in [0.15, 0.2) is 11.4 Å². The van der Waals surface area contributed by atoms with E-state index in [1.54, 1.807) is 78.9 Å². The Labute approximate surface area is 530 Å². The summed E-state index contributed by atoms with van der Waals surface area (Å²) >= 11 is 17.1. The molecule has 0 aliphatic heterocycles. The summed E-state index contributed by atoms with van der Waals surface area (Å²) in [6.45, 7) is 13.2. The molecule has 0 aliphatic rings. The highest BCUT2D eigenvalue weighted by Crippen LogP contribution is 2.23. The van der Waals surface area contributed by atoms with E-state index < -0.39 is 41.1 Å². The molecule has 7 rings (SSSR count). The minimum absolute atomic E-state index is 0.00217. The number of ketones is 2. The lowest BCUT2D eigenvalue weighted by Crippen LogP contribution is -2.42. The molecule has 0 bridgehead atoms. The molecule has 0 atom stereocenters. The van der Waals surface area contributed by atoms with Crippen molar-refractivity contribution in [2.45, 2.75) is 106 Å². The number of aryl methyl sites for hydroxylation is 2. The number of aliphatic carboxylic acids is 1. The van der Waals surface area contributed by atoms with Crippen LogP contribution in [-0.4, -0.2) is 110 Å². The average Bonchev–Trinajstić information content (AvgIpc) is 1.89. The quantitative estimate of drug-likeness (QED) is 0.0207. The van der Waals surface area contributed by atoms with Gasteiger partial charge in [0.25, 0.3) is 11.8 Å². The van der Waals surface area contributed by atoms with Gasteiger partial charge in [-0.25, -0.2) is 13.2 Å². The molecule has 4 amide bonds. The van der Waals surface area contributed by atoms with Crippen molar-refractivity contribution in [1.82, 2.24) is 35.1 Å². The molecule has 0 radical (unpaired) electrons. The van der Waals surface area contributed by atoms with E-state index in [9.17, 15) is 51.5 Å². The number of aldehydes is 1. The zero-order valence-electron chi connectivity index (χ0n) is 50.7. The van der Waals surface area contributed by atoms with Crippen molar-refractivity contribution in [3.63, 3.8) is 0 Å². The predicted molar refractivity (Wildman–Crippen MR) is 340 cm³/mol. The van der Waals surface area contributed by atoms with Crippen molar-refractivity contribution in [3.05, 3.63) is 164 Å². The largest absolute Gasteiger partial charge is 0.480 e. The number of hydrogen-bond donors (Lipinski definition) is 6. The molecule has 19 nitrogen and oxygen atoms in total. The highest BCUT2D eigenvalue weighted by atomic mass is 35.5. The lowest BCUT2D eigenvalue weighted by atomic mass is 10.1. The number of carboxylic acid groups (broad SMARTS) is 1. The van der Waals surface area contributed by atoms with E-state index in [1.807, 2.05) is 27.7 Å². The molecular weight excluding hydrogens is 1220 g/mol. The van der Waals surface area contributed by atoms with Gasteiger partial charge in [0.2, 0.25) is 11.8 Å². The van der Waals surface area contributed by atoms with E-state index in [2.05, 4.69) is 34.7 Å². The fraction of sp³-hybridized carbons (Fsp3) is 0.375. The highest BCUT2D eigenvalue weighted by Gasteiger charge is 2.23. The van der Waals surface area contributed by atoms with Crippen molar-refractivity contribution >= 4 is 104 Å². The van der Waals surface area contributed by atoms with Crippen LogP contribution in [-0.2, 0) is 61.2 Å². The maximum Gasteiger partial charge on any atom is 0.325 e. The van der Waals surface area contributed by atoms with Gasteiger partial charge >= 0.3 is 5.97 Å². The molecular formula is C64H78Cl3F3N10O9. The van der Waals surface area contributed by atoms with E-state index in [1.165, 1.54) is 38.5 Å². The second-order valence-electron chi connectivity index (χ2n) is 21.5. The SMILES string of the molecule is CC(C)CC=O.CC(C)CCN(CC(=O)NCc1cccc(Cl)c1F)C(=O)Cn1nc(C(N)=O)c2ccccc21.CC(C)CCNCC(=O)CCc1cccc(Cl)c1F.NC(=O)c1nn(CC(=O)O)c2ccccc12.NCC(=O)CCc1cccc(Cl)c1F. The Morgan fingerprint density at radius 1 is 0.618 bits per heavy atom. The van der Waals surface area contributed by atoms with Crippen molar-refractivity contribution in [3.8, 4) is 0 Å². The number of carbonyl (C=O) groups excluding carboxylic acids is 7. The number of hydrogen-bond acceptors (Lipinski definition) is 12. The predicted octanol–water partition coefficient (Wildman–Crippen LogP) is 10.1. The first-order valence-corrected chi connectivity index (χ1v) is 29.8. The molecule has 0 fully saturated rings. The summed E-state index contributed by atoms with van der Waals surface area (Å²) in [6, 6.07) is 28.0. The average molecular weight is 1290 g/mol. The van der Waals surface area contributed by atoms with Crippen LogP contribution in [0.3, 0.4) is 0 Å². The van der Waals surface area contributed by atoms with Crippen LogP contribution >= 0.6 is 34.8 Å². The number of nitrogens with zero attached hydrogens (tertiary/aromatic N) is 5. The number of benzene rings is 5. The summed E-state index contributed by atoms with van der Waals surface area (Å²) in [5.41, 5.74) is 18.3. The Bertz CT molecular complexity index is 3510. The van der Waals surface area contributed by atoms with Gasteiger partial charge in [-0.2, -0.15) is 10.2 Å². The minimum Gasteiger partial charge on any atom is -0.480 e. The summed E-state index contributed by atoms with van der Waals surface area (Å²) in [6.07, 6.45) is 4.73. The second kappa shape index (κ2) is 39.1. The molecule has 25 heteroatoms. The molecule has 0 spiro atoms. The fourth-order valence-electron chi connectivity index (χ4n) is 8.06. The van der Waals surface area contributed by atoms with Gasteiger partial charge in [0.05, 0.1) is 45.7 Å². The van der Waals surface area contributed by atoms with Crippen LogP contribution in [0, 0.1) is 35.2 Å². The standard InChI is InChI=1S/C24H27ClFN5O3.C15H21ClFNO.C10H11ClFNO.C10H9N3O3.C5H10O/c1-15(2)10-11-30(13-20(32)28-12-16-6-5-8-18(25)22(16)26)21(33)14-31-19-9-4-3-7-17(19)23(29-31)24(27)34;1-11(2)8-9-18-10-13(19)7-6-12-4-3-5-14(16)15(12)17;11-9-3-1-2-7(10(9)12)4-5-8(14)6-13;11-10(16)9-6-3-1-2-4-7(6)13(12-9)5-8(14)15;1-5(2)3-4-6/h3-9,15H,10-14H2,1-2H3,(H2,27,34)(H,28,32);3-5,11,18H,6-10H2,1-2H3;1-3H,4-6,13H2;1-4H,5H2,(H2,11,16)(H,14,15);4-5H,3H2,1-2H3.